The van der Waals surface area contributed by atoms with E-state index in [1.807, 2.05) is 24.3 Å². The first-order valence-corrected chi connectivity index (χ1v) is 10.5. The van der Waals surface area contributed by atoms with Crippen LogP contribution in [0.25, 0.3) is 0 Å². The highest BCUT2D eigenvalue weighted by molar-refractivity contribution is 6.30. The monoisotopic (exact) mass is 417 g/mol. The van der Waals surface area contributed by atoms with Gasteiger partial charge in [-0.25, -0.2) is 4.98 Å². The van der Waals surface area contributed by atoms with Gasteiger partial charge in [-0.15, -0.1) is 0 Å². The van der Waals surface area contributed by atoms with Crippen LogP contribution >= 0.6 is 11.6 Å². The SMILES string of the molecule is CC(Oc1ccc(Cl)cn1)[C@@H]1CN(Cc2ccccc2)C[C@@H]1c1ccc(C#N)cc1. The minimum absolute atomic E-state index is 0.0138. The fraction of sp³-hybridized carbons (Fsp3) is 0.280. The molecule has 1 fully saturated rings. The molecule has 2 aromatic carbocycles. The predicted molar refractivity (Wildman–Crippen MR) is 118 cm³/mol. The highest BCUT2D eigenvalue weighted by atomic mass is 35.5. The van der Waals surface area contributed by atoms with Gasteiger partial charge in [-0.2, -0.15) is 5.26 Å². The summed E-state index contributed by atoms with van der Waals surface area (Å²) >= 11 is 5.95. The largest absolute Gasteiger partial charge is 0.474 e. The van der Waals surface area contributed by atoms with Crippen molar-refractivity contribution in [3.05, 3.63) is 94.6 Å². The number of pyridine rings is 1. The molecular weight excluding hydrogens is 394 g/mol. The number of likely N-dealkylation sites (tertiary alicyclic amines) is 1. The Bertz CT molecular complexity index is 999. The smallest absolute Gasteiger partial charge is 0.213 e. The summed E-state index contributed by atoms with van der Waals surface area (Å²) in [5.74, 6) is 1.22. The van der Waals surface area contributed by atoms with Crippen LogP contribution in [0.1, 0.15) is 29.5 Å². The van der Waals surface area contributed by atoms with Crippen LogP contribution in [0.5, 0.6) is 5.88 Å². The van der Waals surface area contributed by atoms with Crippen LogP contribution in [0.15, 0.2) is 72.9 Å². The number of aromatic nitrogens is 1. The number of hydrogen-bond acceptors (Lipinski definition) is 4. The standard InChI is InChI=1S/C25H24ClN3O/c1-18(30-25-12-11-22(26)14-28-25)23-16-29(15-20-5-3-2-4-6-20)17-24(23)21-9-7-19(13-27)8-10-21/h2-12,14,18,23-24H,15-17H2,1H3/t18?,23-,24+/m0/s1. The summed E-state index contributed by atoms with van der Waals surface area (Å²) in [6, 6.07) is 24.3. The van der Waals surface area contributed by atoms with Gasteiger partial charge >= 0.3 is 0 Å². The molecule has 0 radical (unpaired) electrons. The Kier molecular flexibility index (Phi) is 6.32. The van der Waals surface area contributed by atoms with Crippen molar-refractivity contribution in [2.45, 2.75) is 25.5 Å². The average molecular weight is 418 g/mol. The zero-order valence-electron chi connectivity index (χ0n) is 16.9. The van der Waals surface area contributed by atoms with Gasteiger partial charge in [-0.3, -0.25) is 4.90 Å². The molecule has 3 atom stereocenters. The summed E-state index contributed by atoms with van der Waals surface area (Å²) in [5, 5.41) is 9.73. The van der Waals surface area contributed by atoms with Crippen molar-refractivity contribution < 1.29 is 4.74 Å². The van der Waals surface area contributed by atoms with Crippen LogP contribution in [0.3, 0.4) is 0 Å². The molecule has 1 aliphatic heterocycles. The number of nitrogens with zero attached hydrogens (tertiary/aromatic N) is 3. The summed E-state index contributed by atoms with van der Waals surface area (Å²) in [7, 11) is 0. The lowest BCUT2D eigenvalue weighted by Gasteiger charge is -2.25. The van der Waals surface area contributed by atoms with Gasteiger partial charge in [0.25, 0.3) is 0 Å². The molecule has 0 amide bonds. The first kappa shape index (κ1) is 20.4. The van der Waals surface area contributed by atoms with E-state index in [2.05, 4.69) is 59.3 Å². The fourth-order valence-electron chi connectivity index (χ4n) is 4.23. The van der Waals surface area contributed by atoms with Crippen LogP contribution in [0.2, 0.25) is 5.02 Å². The van der Waals surface area contributed by atoms with Crippen molar-refractivity contribution in [1.82, 2.24) is 9.88 Å². The lowest BCUT2D eigenvalue weighted by molar-refractivity contribution is 0.138. The van der Waals surface area contributed by atoms with Crippen molar-refractivity contribution in [3.8, 4) is 11.9 Å². The number of halogens is 1. The van der Waals surface area contributed by atoms with Gasteiger partial charge in [0.05, 0.1) is 16.7 Å². The maximum absolute atomic E-state index is 9.13. The Morgan fingerprint density at radius 3 is 2.53 bits per heavy atom. The molecule has 1 saturated heterocycles. The van der Waals surface area contributed by atoms with Crippen molar-refractivity contribution in [3.63, 3.8) is 0 Å². The molecule has 0 spiro atoms. The molecule has 30 heavy (non-hydrogen) atoms. The molecule has 5 heteroatoms. The summed E-state index contributed by atoms with van der Waals surface area (Å²) in [5.41, 5.74) is 3.24. The zero-order chi connectivity index (χ0) is 20.9. The van der Waals surface area contributed by atoms with E-state index in [0.29, 0.717) is 28.3 Å². The second kappa shape index (κ2) is 9.30. The van der Waals surface area contributed by atoms with Gasteiger partial charge in [0.1, 0.15) is 6.10 Å². The van der Waals surface area contributed by atoms with Gasteiger partial charge in [0.15, 0.2) is 0 Å². The summed E-state index contributed by atoms with van der Waals surface area (Å²) in [4.78, 5) is 6.78. The number of nitriles is 1. The van der Waals surface area contributed by atoms with Crippen molar-refractivity contribution >= 4 is 11.6 Å². The average Bonchev–Trinajstić information content (AvgIpc) is 3.20. The number of ether oxygens (including phenoxy) is 1. The second-order valence-corrected chi connectivity index (χ2v) is 8.26. The summed E-state index contributed by atoms with van der Waals surface area (Å²) in [6.07, 6.45) is 1.60. The molecule has 0 aliphatic carbocycles. The van der Waals surface area contributed by atoms with Gasteiger partial charge in [0.2, 0.25) is 5.88 Å². The molecule has 2 heterocycles. The first-order chi connectivity index (χ1) is 14.6. The maximum Gasteiger partial charge on any atom is 0.213 e. The molecule has 152 valence electrons. The first-order valence-electron chi connectivity index (χ1n) is 10.2. The van der Waals surface area contributed by atoms with E-state index in [1.165, 1.54) is 11.1 Å². The van der Waals surface area contributed by atoms with Gasteiger partial charge in [-0.1, -0.05) is 54.1 Å². The lowest BCUT2D eigenvalue weighted by Crippen LogP contribution is -2.30. The minimum Gasteiger partial charge on any atom is -0.474 e. The minimum atomic E-state index is -0.0138. The molecule has 4 rings (SSSR count). The highest BCUT2D eigenvalue weighted by Crippen LogP contribution is 2.37. The molecule has 3 aromatic rings. The van der Waals surface area contributed by atoms with Crippen LogP contribution in [0, 0.1) is 17.2 Å². The molecule has 0 N–H and O–H groups in total. The van der Waals surface area contributed by atoms with E-state index in [-0.39, 0.29) is 6.10 Å². The van der Waals surface area contributed by atoms with Crippen LogP contribution < -0.4 is 4.74 Å². The molecule has 1 aliphatic rings. The van der Waals surface area contributed by atoms with Crippen molar-refractivity contribution in [2.24, 2.45) is 5.92 Å². The van der Waals surface area contributed by atoms with E-state index in [0.717, 1.165) is 19.6 Å². The van der Waals surface area contributed by atoms with Gasteiger partial charge in [-0.05, 0) is 36.2 Å². The molecule has 0 bridgehead atoms. The summed E-state index contributed by atoms with van der Waals surface area (Å²) in [6.45, 7) is 4.92. The third-order valence-electron chi connectivity index (χ3n) is 5.77. The number of hydrogen-bond donors (Lipinski definition) is 0. The van der Waals surface area contributed by atoms with E-state index >= 15 is 0 Å². The predicted octanol–water partition coefficient (Wildman–Crippen LogP) is 5.29. The molecular formula is C25H24ClN3O. The molecule has 4 nitrogen and oxygen atoms in total. The third kappa shape index (κ3) is 4.81. The van der Waals surface area contributed by atoms with Gasteiger partial charge in [0, 0.05) is 43.7 Å². The third-order valence-corrected chi connectivity index (χ3v) is 5.99. The Hall–Kier alpha value is -2.87. The van der Waals surface area contributed by atoms with Crippen molar-refractivity contribution in [2.75, 3.05) is 13.1 Å². The van der Waals surface area contributed by atoms with E-state index in [9.17, 15) is 0 Å². The summed E-state index contributed by atoms with van der Waals surface area (Å²) < 4.78 is 6.20. The Morgan fingerprint density at radius 1 is 1.10 bits per heavy atom. The van der Waals surface area contributed by atoms with Crippen molar-refractivity contribution in [1.29, 1.82) is 5.26 Å². The van der Waals surface area contributed by atoms with E-state index in [1.54, 1.807) is 12.3 Å². The van der Waals surface area contributed by atoms with Crippen LogP contribution in [-0.4, -0.2) is 29.1 Å². The van der Waals surface area contributed by atoms with Gasteiger partial charge < -0.3 is 4.74 Å². The van der Waals surface area contributed by atoms with E-state index < -0.39 is 0 Å². The highest BCUT2D eigenvalue weighted by Gasteiger charge is 2.38. The van der Waals surface area contributed by atoms with Crippen LogP contribution in [0.4, 0.5) is 0 Å². The normalized spacial score (nSPS) is 19.9. The number of benzene rings is 2. The second-order valence-electron chi connectivity index (χ2n) is 7.82. The Morgan fingerprint density at radius 2 is 1.87 bits per heavy atom. The maximum atomic E-state index is 9.13. The Balaban J connectivity index is 1.54. The lowest BCUT2D eigenvalue weighted by atomic mass is 9.85. The molecule has 1 aromatic heterocycles. The number of rotatable bonds is 6. The zero-order valence-corrected chi connectivity index (χ0v) is 17.7. The molecule has 1 unspecified atom stereocenters. The molecule has 0 saturated carbocycles. The topological polar surface area (TPSA) is 49.1 Å². The van der Waals surface area contributed by atoms with E-state index in [4.69, 9.17) is 21.6 Å². The Labute approximate surface area is 182 Å². The van der Waals surface area contributed by atoms with Crippen LogP contribution in [-0.2, 0) is 6.54 Å². The quantitative estimate of drug-likeness (QED) is 0.546. The fourth-order valence-corrected chi connectivity index (χ4v) is 4.34.